The van der Waals surface area contributed by atoms with Gasteiger partial charge in [0.05, 0.1) is 6.61 Å². The molecule has 4 nitrogen and oxygen atoms in total. The Morgan fingerprint density at radius 2 is 2.00 bits per heavy atom. The van der Waals surface area contributed by atoms with Crippen molar-refractivity contribution >= 4 is 12.3 Å². The molecule has 0 unspecified atom stereocenters. The van der Waals surface area contributed by atoms with E-state index in [4.69, 9.17) is 9.47 Å². The predicted octanol–water partition coefficient (Wildman–Crippen LogP) is 1.49. The molecule has 0 aliphatic heterocycles. The minimum Gasteiger partial charge on any atom is -0.460 e. The van der Waals surface area contributed by atoms with E-state index in [1.807, 2.05) is 0 Å². The Morgan fingerprint density at radius 1 is 1.27 bits per heavy atom. The highest BCUT2D eigenvalue weighted by atomic mass is 16.6. The summed E-state index contributed by atoms with van der Waals surface area (Å²) < 4.78 is 10.00. The molecule has 4 heteroatoms. The molecule has 15 heavy (non-hydrogen) atoms. The van der Waals surface area contributed by atoms with Crippen LogP contribution >= 0.6 is 0 Å². The van der Waals surface area contributed by atoms with Crippen LogP contribution in [0.2, 0.25) is 0 Å². The molecular formula is C11H18O4. The fourth-order valence-electron chi connectivity index (χ4n) is 0.850. The van der Waals surface area contributed by atoms with Gasteiger partial charge >= 0.3 is 5.97 Å². The van der Waals surface area contributed by atoms with Crippen molar-refractivity contribution in [2.24, 2.45) is 0 Å². The van der Waals surface area contributed by atoms with Gasteiger partial charge in [-0.05, 0) is 19.8 Å². The van der Waals surface area contributed by atoms with E-state index in [1.165, 1.54) is 0 Å². The highest BCUT2D eigenvalue weighted by Gasteiger charge is 2.01. The molecule has 0 amide bonds. The summed E-state index contributed by atoms with van der Waals surface area (Å²) in [6.45, 7) is 6.29. The molecule has 0 bridgehead atoms. The van der Waals surface area contributed by atoms with Crippen molar-refractivity contribution in [3.63, 3.8) is 0 Å². The van der Waals surface area contributed by atoms with Gasteiger partial charge in [0, 0.05) is 18.6 Å². The van der Waals surface area contributed by atoms with Gasteiger partial charge < -0.3 is 14.3 Å². The quantitative estimate of drug-likeness (QED) is 0.252. The Balaban J connectivity index is 3.14. The molecule has 0 atom stereocenters. The Kier molecular flexibility index (Phi) is 8.67. The molecule has 0 saturated heterocycles. The van der Waals surface area contributed by atoms with Gasteiger partial charge in [0.25, 0.3) is 0 Å². The van der Waals surface area contributed by atoms with Gasteiger partial charge in [0.2, 0.25) is 0 Å². The lowest BCUT2D eigenvalue weighted by Gasteiger charge is -2.05. The second kappa shape index (κ2) is 9.40. The number of rotatable bonds is 9. The molecule has 0 spiro atoms. The van der Waals surface area contributed by atoms with E-state index in [2.05, 4.69) is 6.58 Å². The van der Waals surface area contributed by atoms with Crippen LogP contribution in [0.3, 0.4) is 0 Å². The molecule has 0 radical (unpaired) electrons. The monoisotopic (exact) mass is 214 g/mol. The smallest absolute Gasteiger partial charge is 0.333 e. The maximum Gasteiger partial charge on any atom is 0.333 e. The number of esters is 1. The first-order valence-electron chi connectivity index (χ1n) is 5.02. The van der Waals surface area contributed by atoms with Gasteiger partial charge in [-0.3, -0.25) is 0 Å². The summed E-state index contributed by atoms with van der Waals surface area (Å²) in [6.07, 6.45) is 3.17. The molecule has 0 rings (SSSR count). The van der Waals surface area contributed by atoms with E-state index in [-0.39, 0.29) is 12.6 Å². The maximum atomic E-state index is 10.9. The van der Waals surface area contributed by atoms with Gasteiger partial charge in [-0.2, -0.15) is 0 Å². The third-order valence-corrected chi connectivity index (χ3v) is 1.67. The summed E-state index contributed by atoms with van der Waals surface area (Å²) in [7, 11) is 0. The molecule has 0 fully saturated rings. The van der Waals surface area contributed by atoms with E-state index < -0.39 is 0 Å². The Hall–Kier alpha value is -1.16. The van der Waals surface area contributed by atoms with Crippen molar-refractivity contribution in [1.82, 2.24) is 0 Å². The number of unbranched alkanes of at least 4 members (excludes halogenated alkanes) is 2. The SMILES string of the molecule is C=C(C)C(=O)OCCOCCCCC=O. The first-order chi connectivity index (χ1) is 7.18. The minimum atomic E-state index is -0.389. The molecule has 0 aromatic carbocycles. The van der Waals surface area contributed by atoms with E-state index in [9.17, 15) is 9.59 Å². The first kappa shape index (κ1) is 13.8. The summed E-state index contributed by atoms with van der Waals surface area (Å²) >= 11 is 0. The van der Waals surface area contributed by atoms with Crippen LogP contribution in [0.25, 0.3) is 0 Å². The molecule has 0 aliphatic rings. The van der Waals surface area contributed by atoms with Crippen LogP contribution < -0.4 is 0 Å². The van der Waals surface area contributed by atoms with Crippen LogP contribution in [0.15, 0.2) is 12.2 Å². The zero-order valence-corrected chi connectivity index (χ0v) is 9.16. The molecule has 0 heterocycles. The normalized spacial score (nSPS) is 9.67. The summed E-state index contributed by atoms with van der Waals surface area (Å²) in [5.74, 6) is -0.389. The van der Waals surface area contributed by atoms with E-state index in [1.54, 1.807) is 6.92 Å². The summed E-state index contributed by atoms with van der Waals surface area (Å²) in [6, 6.07) is 0. The predicted molar refractivity (Wildman–Crippen MR) is 56.5 cm³/mol. The Bertz CT molecular complexity index is 211. The van der Waals surface area contributed by atoms with Crippen molar-refractivity contribution < 1.29 is 19.1 Å². The second-order valence-corrected chi connectivity index (χ2v) is 3.19. The molecule has 0 aromatic rings. The highest BCUT2D eigenvalue weighted by Crippen LogP contribution is 1.94. The fourth-order valence-corrected chi connectivity index (χ4v) is 0.850. The summed E-state index contributed by atoms with van der Waals surface area (Å²) in [4.78, 5) is 20.9. The zero-order chi connectivity index (χ0) is 11.5. The Labute approximate surface area is 90.2 Å². The average Bonchev–Trinajstić information content (AvgIpc) is 2.21. The molecule has 0 aliphatic carbocycles. The molecule has 0 N–H and O–H groups in total. The first-order valence-corrected chi connectivity index (χ1v) is 5.02. The lowest BCUT2D eigenvalue weighted by atomic mass is 10.3. The van der Waals surface area contributed by atoms with Crippen molar-refractivity contribution in [2.75, 3.05) is 19.8 Å². The van der Waals surface area contributed by atoms with Crippen LogP contribution in [-0.2, 0) is 19.1 Å². The lowest BCUT2D eigenvalue weighted by Crippen LogP contribution is -2.11. The number of hydrogen-bond donors (Lipinski definition) is 0. The van der Waals surface area contributed by atoms with Crippen LogP contribution in [0.5, 0.6) is 0 Å². The van der Waals surface area contributed by atoms with Gasteiger partial charge in [-0.25, -0.2) is 4.79 Å². The summed E-state index contributed by atoms with van der Waals surface area (Å²) in [5.41, 5.74) is 0.390. The number of aldehydes is 1. The molecule has 86 valence electrons. The second-order valence-electron chi connectivity index (χ2n) is 3.19. The van der Waals surface area contributed by atoms with Crippen molar-refractivity contribution in [3.8, 4) is 0 Å². The van der Waals surface area contributed by atoms with Gasteiger partial charge in [0.1, 0.15) is 12.9 Å². The van der Waals surface area contributed by atoms with Crippen LogP contribution in [0, 0.1) is 0 Å². The number of carbonyl (C=O) groups excluding carboxylic acids is 2. The van der Waals surface area contributed by atoms with E-state index in [0.29, 0.717) is 25.2 Å². The van der Waals surface area contributed by atoms with E-state index >= 15 is 0 Å². The third kappa shape index (κ3) is 9.15. The largest absolute Gasteiger partial charge is 0.460 e. The standard InChI is InChI=1S/C11H18O4/c1-10(2)11(13)15-9-8-14-7-5-3-4-6-12/h6H,1,3-5,7-9H2,2H3. The van der Waals surface area contributed by atoms with Crippen LogP contribution in [-0.4, -0.2) is 32.1 Å². The topological polar surface area (TPSA) is 52.6 Å². The van der Waals surface area contributed by atoms with E-state index in [0.717, 1.165) is 19.1 Å². The van der Waals surface area contributed by atoms with Crippen LogP contribution in [0.4, 0.5) is 0 Å². The zero-order valence-electron chi connectivity index (χ0n) is 9.16. The molecular weight excluding hydrogens is 196 g/mol. The van der Waals surface area contributed by atoms with Crippen LogP contribution in [0.1, 0.15) is 26.2 Å². The molecule has 0 aromatic heterocycles. The maximum absolute atomic E-state index is 10.9. The van der Waals surface area contributed by atoms with Crippen molar-refractivity contribution in [2.45, 2.75) is 26.2 Å². The van der Waals surface area contributed by atoms with Gasteiger partial charge in [-0.1, -0.05) is 6.58 Å². The van der Waals surface area contributed by atoms with Gasteiger partial charge in [-0.15, -0.1) is 0 Å². The van der Waals surface area contributed by atoms with Crippen molar-refractivity contribution in [3.05, 3.63) is 12.2 Å². The lowest BCUT2D eigenvalue weighted by molar-refractivity contribution is -0.140. The number of ether oxygens (including phenoxy) is 2. The minimum absolute atomic E-state index is 0.249. The Morgan fingerprint density at radius 3 is 2.60 bits per heavy atom. The number of hydrogen-bond acceptors (Lipinski definition) is 4. The number of carbonyl (C=O) groups is 2. The average molecular weight is 214 g/mol. The van der Waals surface area contributed by atoms with Crippen molar-refractivity contribution in [1.29, 1.82) is 0 Å². The van der Waals surface area contributed by atoms with Gasteiger partial charge in [0.15, 0.2) is 0 Å². The third-order valence-electron chi connectivity index (χ3n) is 1.67. The molecule has 0 saturated carbocycles. The fraction of sp³-hybridized carbons (Fsp3) is 0.636. The highest BCUT2D eigenvalue weighted by molar-refractivity contribution is 5.86. The summed E-state index contributed by atoms with van der Waals surface area (Å²) in [5, 5.41) is 0.